The molecule has 1 aromatic heterocycles. The lowest BCUT2D eigenvalue weighted by molar-refractivity contribution is 0.379. The average molecular weight is 260 g/mol. The Morgan fingerprint density at radius 3 is 2.37 bits per heavy atom. The van der Waals surface area contributed by atoms with E-state index in [0.29, 0.717) is 0 Å². The highest BCUT2D eigenvalue weighted by Gasteiger charge is 2.50. The fourth-order valence-corrected chi connectivity index (χ4v) is 4.35. The molecule has 0 N–H and O–H groups in total. The molecule has 2 aliphatic rings. The summed E-state index contributed by atoms with van der Waals surface area (Å²) in [5.74, 6) is 3.85. The first-order valence-electron chi connectivity index (χ1n) is 7.95. The van der Waals surface area contributed by atoms with E-state index in [-0.39, 0.29) is 5.54 Å². The van der Waals surface area contributed by atoms with Crippen molar-refractivity contribution < 1.29 is 0 Å². The van der Waals surface area contributed by atoms with E-state index in [4.69, 9.17) is 4.98 Å². The third-order valence-corrected chi connectivity index (χ3v) is 5.27. The monoisotopic (exact) mass is 260 g/mol. The molecule has 106 valence electrons. The molecule has 1 heterocycles. The Balaban J connectivity index is 1.82. The van der Waals surface area contributed by atoms with Crippen molar-refractivity contribution in [3.63, 3.8) is 0 Å². The molecule has 0 aliphatic heterocycles. The SMILES string of the molecule is CC(C)[C@@H]1[C@@H]2CCc3ncn(C(C)(C)C)c3CC[C@@H]21. The van der Waals surface area contributed by atoms with E-state index in [9.17, 15) is 0 Å². The molecule has 0 aromatic carbocycles. The lowest BCUT2D eigenvalue weighted by Crippen LogP contribution is -2.23. The minimum atomic E-state index is 0.167. The Morgan fingerprint density at radius 1 is 1.16 bits per heavy atom. The third kappa shape index (κ3) is 2.23. The molecule has 1 fully saturated rings. The van der Waals surface area contributed by atoms with E-state index < -0.39 is 0 Å². The summed E-state index contributed by atoms with van der Waals surface area (Å²) in [6.07, 6.45) is 7.24. The van der Waals surface area contributed by atoms with Gasteiger partial charge in [0, 0.05) is 11.2 Å². The van der Waals surface area contributed by atoms with Crippen LogP contribution in [0.25, 0.3) is 0 Å². The standard InChI is InChI=1S/C17H28N2/c1-11(2)16-12-6-8-14-15(9-7-13(12)16)19(10-18-14)17(3,4)5/h10-13,16H,6-9H2,1-5H3/t12-,13+,16-/m1/s1. The normalized spacial score (nSPS) is 30.5. The van der Waals surface area contributed by atoms with Crippen LogP contribution in [0.3, 0.4) is 0 Å². The second-order valence-electron chi connectivity index (χ2n) is 7.91. The Bertz CT molecular complexity index is 464. The molecule has 0 radical (unpaired) electrons. The topological polar surface area (TPSA) is 17.8 Å². The van der Waals surface area contributed by atoms with Gasteiger partial charge in [-0.25, -0.2) is 4.98 Å². The summed E-state index contributed by atoms with van der Waals surface area (Å²) in [5, 5.41) is 0. The number of rotatable bonds is 1. The van der Waals surface area contributed by atoms with Gasteiger partial charge in [0.25, 0.3) is 0 Å². The van der Waals surface area contributed by atoms with E-state index in [1.54, 1.807) is 0 Å². The Hall–Kier alpha value is -0.790. The van der Waals surface area contributed by atoms with Crippen LogP contribution in [0.4, 0.5) is 0 Å². The molecule has 0 bridgehead atoms. The molecule has 3 atom stereocenters. The van der Waals surface area contributed by atoms with Crippen LogP contribution in [0, 0.1) is 23.7 Å². The molecule has 0 saturated heterocycles. The lowest BCUT2D eigenvalue weighted by atomic mass is 9.99. The molecule has 0 spiro atoms. The van der Waals surface area contributed by atoms with Crippen LogP contribution in [0.1, 0.15) is 58.8 Å². The Kier molecular flexibility index (Phi) is 3.03. The molecule has 0 unspecified atom stereocenters. The van der Waals surface area contributed by atoms with Crippen molar-refractivity contribution in [1.29, 1.82) is 0 Å². The van der Waals surface area contributed by atoms with Crippen molar-refractivity contribution >= 4 is 0 Å². The van der Waals surface area contributed by atoms with Crippen molar-refractivity contribution in [2.75, 3.05) is 0 Å². The summed E-state index contributed by atoms with van der Waals surface area (Å²) in [6, 6.07) is 0. The summed E-state index contributed by atoms with van der Waals surface area (Å²) in [7, 11) is 0. The first-order valence-corrected chi connectivity index (χ1v) is 7.95. The summed E-state index contributed by atoms with van der Waals surface area (Å²) < 4.78 is 2.41. The first-order chi connectivity index (χ1) is 8.89. The highest BCUT2D eigenvalue weighted by Crippen LogP contribution is 2.56. The predicted octanol–water partition coefficient (Wildman–Crippen LogP) is 4.04. The quantitative estimate of drug-likeness (QED) is 0.745. The molecule has 2 aliphatic carbocycles. The molecule has 2 heteroatoms. The van der Waals surface area contributed by atoms with Gasteiger partial charge in [0.1, 0.15) is 0 Å². The van der Waals surface area contributed by atoms with Crippen LogP contribution in [0.5, 0.6) is 0 Å². The van der Waals surface area contributed by atoms with Crippen molar-refractivity contribution in [1.82, 2.24) is 9.55 Å². The maximum Gasteiger partial charge on any atom is 0.0956 e. The lowest BCUT2D eigenvalue weighted by Gasteiger charge is -2.24. The smallest absolute Gasteiger partial charge is 0.0956 e. The van der Waals surface area contributed by atoms with Gasteiger partial charge in [-0.15, -0.1) is 0 Å². The van der Waals surface area contributed by atoms with Crippen LogP contribution >= 0.6 is 0 Å². The van der Waals surface area contributed by atoms with E-state index in [0.717, 1.165) is 23.7 Å². The van der Waals surface area contributed by atoms with Crippen molar-refractivity contribution in [3.8, 4) is 0 Å². The van der Waals surface area contributed by atoms with Crippen LogP contribution in [0.2, 0.25) is 0 Å². The third-order valence-electron chi connectivity index (χ3n) is 5.27. The van der Waals surface area contributed by atoms with Gasteiger partial charge in [0.05, 0.1) is 12.0 Å². The van der Waals surface area contributed by atoms with E-state index >= 15 is 0 Å². The zero-order valence-electron chi connectivity index (χ0n) is 13.1. The minimum Gasteiger partial charge on any atom is -0.329 e. The fourth-order valence-electron chi connectivity index (χ4n) is 4.35. The predicted molar refractivity (Wildman–Crippen MR) is 79.2 cm³/mol. The molecule has 3 rings (SSSR count). The highest BCUT2D eigenvalue weighted by atomic mass is 15.1. The van der Waals surface area contributed by atoms with Gasteiger partial charge in [0.15, 0.2) is 0 Å². The molecule has 2 nitrogen and oxygen atoms in total. The Labute approximate surface area is 117 Å². The highest BCUT2D eigenvalue weighted by molar-refractivity contribution is 5.19. The van der Waals surface area contributed by atoms with Crippen LogP contribution in [-0.4, -0.2) is 9.55 Å². The number of imidazole rings is 1. The zero-order chi connectivity index (χ0) is 13.8. The van der Waals surface area contributed by atoms with E-state index in [1.807, 2.05) is 0 Å². The van der Waals surface area contributed by atoms with Crippen LogP contribution < -0.4 is 0 Å². The molecule has 1 aromatic rings. The van der Waals surface area contributed by atoms with Crippen molar-refractivity contribution in [3.05, 3.63) is 17.7 Å². The van der Waals surface area contributed by atoms with Crippen molar-refractivity contribution in [2.45, 2.75) is 65.8 Å². The molecule has 19 heavy (non-hydrogen) atoms. The number of fused-ring (bicyclic) bond motifs is 2. The van der Waals surface area contributed by atoms with Gasteiger partial charge in [0.2, 0.25) is 0 Å². The van der Waals surface area contributed by atoms with Crippen LogP contribution in [0.15, 0.2) is 6.33 Å². The van der Waals surface area contributed by atoms with Gasteiger partial charge in [-0.2, -0.15) is 0 Å². The summed E-state index contributed by atoms with van der Waals surface area (Å²) in [5.41, 5.74) is 3.06. The van der Waals surface area contributed by atoms with E-state index in [2.05, 4.69) is 45.5 Å². The molecule has 0 amide bonds. The number of aromatic nitrogens is 2. The number of nitrogens with zero attached hydrogens (tertiary/aromatic N) is 2. The summed E-state index contributed by atoms with van der Waals surface area (Å²) >= 11 is 0. The van der Waals surface area contributed by atoms with Gasteiger partial charge in [-0.05, 0) is 70.1 Å². The van der Waals surface area contributed by atoms with Gasteiger partial charge in [-0.3, -0.25) is 0 Å². The van der Waals surface area contributed by atoms with Crippen molar-refractivity contribution in [2.24, 2.45) is 23.7 Å². The maximum atomic E-state index is 4.71. The zero-order valence-corrected chi connectivity index (χ0v) is 13.1. The number of aryl methyl sites for hydroxylation is 1. The fraction of sp³-hybridized carbons (Fsp3) is 0.824. The summed E-state index contributed by atoms with van der Waals surface area (Å²) in [6.45, 7) is 11.6. The number of hydrogen-bond donors (Lipinski definition) is 0. The molecular weight excluding hydrogens is 232 g/mol. The second kappa shape index (κ2) is 4.36. The number of hydrogen-bond acceptors (Lipinski definition) is 1. The van der Waals surface area contributed by atoms with Gasteiger partial charge >= 0.3 is 0 Å². The first kappa shape index (κ1) is 13.2. The van der Waals surface area contributed by atoms with Gasteiger partial charge in [-0.1, -0.05) is 13.8 Å². The Morgan fingerprint density at radius 2 is 1.79 bits per heavy atom. The van der Waals surface area contributed by atoms with E-state index in [1.165, 1.54) is 37.1 Å². The summed E-state index contributed by atoms with van der Waals surface area (Å²) in [4.78, 5) is 4.71. The second-order valence-corrected chi connectivity index (χ2v) is 7.91. The van der Waals surface area contributed by atoms with Gasteiger partial charge < -0.3 is 4.57 Å². The van der Waals surface area contributed by atoms with Crippen LogP contribution in [-0.2, 0) is 18.4 Å². The maximum absolute atomic E-state index is 4.71. The minimum absolute atomic E-state index is 0.167. The largest absolute Gasteiger partial charge is 0.329 e. The average Bonchev–Trinajstić information content (AvgIpc) is 2.79. The molecular formula is C17H28N2. The molecule has 1 saturated carbocycles.